The molecule has 0 saturated carbocycles. The molecular formula is C19H20O4S. The van der Waals surface area contributed by atoms with Gasteiger partial charge in [0, 0.05) is 33.6 Å². The quantitative estimate of drug-likeness (QED) is 0.730. The molecule has 1 heterocycles. The van der Waals surface area contributed by atoms with Crippen molar-refractivity contribution in [3.8, 4) is 28.4 Å². The summed E-state index contributed by atoms with van der Waals surface area (Å²) in [5.41, 5.74) is 2.11. The molecule has 3 aromatic rings. The van der Waals surface area contributed by atoms with E-state index in [1.54, 1.807) is 32.7 Å². The molecule has 0 spiro atoms. The van der Waals surface area contributed by atoms with Crippen molar-refractivity contribution < 1.29 is 19.3 Å². The van der Waals surface area contributed by atoms with E-state index in [-0.39, 0.29) is 6.61 Å². The van der Waals surface area contributed by atoms with Gasteiger partial charge in [-0.3, -0.25) is 0 Å². The van der Waals surface area contributed by atoms with Crippen LogP contribution in [0.2, 0.25) is 0 Å². The number of thiophene rings is 1. The molecule has 0 bridgehead atoms. The summed E-state index contributed by atoms with van der Waals surface area (Å²) < 4.78 is 17.6. The van der Waals surface area contributed by atoms with Crippen LogP contribution in [0.3, 0.4) is 0 Å². The first kappa shape index (κ1) is 16.6. The number of aliphatic hydroxyl groups is 1. The Morgan fingerprint density at radius 1 is 0.958 bits per heavy atom. The van der Waals surface area contributed by atoms with Gasteiger partial charge in [-0.05, 0) is 23.8 Å². The molecule has 0 aliphatic carbocycles. The predicted octanol–water partition coefficient (Wildman–Crippen LogP) is 4.13. The molecule has 0 aliphatic rings. The van der Waals surface area contributed by atoms with Crippen molar-refractivity contribution in [2.45, 2.75) is 6.42 Å². The molecule has 3 rings (SSSR count). The SMILES string of the molecule is COc1cc(-c2c(CCO)sc3ccccc23)cc(OC)c1OC. The minimum Gasteiger partial charge on any atom is -0.493 e. The third-order valence-electron chi connectivity index (χ3n) is 3.96. The van der Waals surface area contributed by atoms with E-state index in [4.69, 9.17) is 14.2 Å². The van der Waals surface area contributed by atoms with Gasteiger partial charge in [-0.2, -0.15) is 0 Å². The van der Waals surface area contributed by atoms with E-state index in [1.807, 2.05) is 24.3 Å². The summed E-state index contributed by atoms with van der Waals surface area (Å²) in [4.78, 5) is 1.15. The van der Waals surface area contributed by atoms with Crippen LogP contribution in [-0.2, 0) is 6.42 Å². The average Bonchev–Trinajstić information content (AvgIpc) is 2.98. The number of hydrogen-bond donors (Lipinski definition) is 1. The molecular weight excluding hydrogens is 324 g/mol. The zero-order valence-corrected chi connectivity index (χ0v) is 14.8. The Labute approximate surface area is 145 Å². The van der Waals surface area contributed by atoms with E-state index in [2.05, 4.69) is 12.1 Å². The van der Waals surface area contributed by atoms with E-state index < -0.39 is 0 Å². The Morgan fingerprint density at radius 3 is 2.21 bits per heavy atom. The monoisotopic (exact) mass is 344 g/mol. The molecule has 126 valence electrons. The van der Waals surface area contributed by atoms with Gasteiger partial charge in [0.2, 0.25) is 5.75 Å². The maximum absolute atomic E-state index is 9.44. The molecule has 0 radical (unpaired) electrons. The van der Waals surface area contributed by atoms with E-state index >= 15 is 0 Å². The van der Waals surface area contributed by atoms with Gasteiger partial charge in [0.1, 0.15) is 0 Å². The van der Waals surface area contributed by atoms with Gasteiger partial charge in [-0.15, -0.1) is 11.3 Å². The summed E-state index contributed by atoms with van der Waals surface area (Å²) in [5, 5.41) is 10.6. The Morgan fingerprint density at radius 2 is 1.62 bits per heavy atom. The topological polar surface area (TPSA) is 47.9 Å². The molecule has 2 aromatic carbocycles. The zero-order valence-electron chi connectivity index (χ0n) is 14.0. The fourth-order valence-corrected chi connectivity index (χ4v) is 4.13. The smallest absolute Gasteiger partial charge is 0.203 e. The Kier molecular flexibility index (Phi) is 4.92. The lowest BCUT2D eigenvalue weighted by molar-refractivity contribution is 0.301. The van der Waals surface area contributed by atoms with Crippen LogP contribution in [0, 0.1) is 0 Å². The fraction of sp³-hybridized carbons (Fsp3) is 0.263. The van der Waals surface area contributed by atoms with Gasteiger partial charge in [0.05, 0.1) is 21.3 Å². The van der Waals surface area contributed by atoms with Crippen molar-refractivity contribution in [1.29, 1.82) is 0 Å². The maximum atomic E-state index is 9.44. The molecule has 1 aromatic heterocycles. The fourth-order valence-electron chi connectivity index (χ4n) is 2.92. The van der Waals surface area contributed by atoms with Crippen molar-refractivity contribution in [1.82, 2.24) is 0 Å². The molecule has 5 heteroatoms. The van der Waals surface area contributed by atoms with Crippen LogP contribution < -0.4 is 14.2 Å². The third-order valence-corrected chi connectivity index (χ3v) is 5.19. The van der Waals surface area contributed by atoms with Gasteiger partial charge in [0.15, 0.2) is 11.5 Å². The van der Waals surface area contributed by atoms with Crippen LogP contribution >= 0.6 is 11.3 Å². The number of methoxy groups -OCH3 is 3. The normalized spacial score (nSPS) is 10.8. The van der Waals surface area contributed by atoms with E-state index in [0.29, 0.717) is 23.7 Å². The summed E-state index contributed by atoms with van der Waals surface area (Å²) in [7, 11) is 4.82. The summed E-state index contributed by atoms with van der Waals surface area (Å²) in [5.74, 6) is 1.82. The summed E-state index contributed by atoms with van der Waals surface area (Å²) in [6, 6.07) is 12.2. The number of benzene rings is 2. The van der Waals surface area contributed by atoms with Crippen LogP contribution in [0.1, 0.15) is 4.88 Å². The van der Waals surface area contributed by atoms with E-state index in [0.717, 1.165) is 16.0 Å². The largest absolute Gasteiger partial charge is 0.493 e. The highest BCUT2D eigenvalue weighted by Crippen LogP contribution is 2.45. The molecule has 1 N–H and O–H groups in total. The number of rotatable bonds is 6. The van der Waals surface area contributed by atoms with Gasteiger partial charge < -0.3 is 19.3 Å². The van der Waals surface area contributed by atoms with E-state index in [1.165, 1.54) is 10.1 Å². The second-order valence-electron chi connectivity index (χ2n) is 5.28. The lowest BCUT2D eigenvalue weighted by atomic mass is 10.00. The highest BCUT2D eigenvalue weighted by Gasteiger charge is 2.19. The van der Waals surface area contributed by atoms with Crippen molar-refractivity contribution >= 4 is 21.4 Å². The molecule has 0 fully saturated rings. The number of fused-ring (bicyclic) bond motifs is 1. The van der Waals surface area contributed by atoms with E-state index in [9.17, 15) is 5.11 Å². The van der Waals surface area contributed by atoms with Gasteiger partial charge in [0.25, 0.3) is 0 Å². The van der Waals surface area contributed by atoms with Crippen LogP contribution in [0.25, 0.3) is 21.2 Å². The lowest BCUT2D eigenvalue weighted by Gasteiger charge is -2.15. The predicted molar refractivity (Wildman–Crippen MR) is 97.7 cm³/mol. The molecule has 0 unspecified atom stereocenters. The first-order valence-electron chi connectivity index (χ1n) is 7.65. The molecule has 0 amide bonds. The average molecular weight is 344 g/mol. The number of hydrogen-bond acceptors (Lipinski definition) is 5. The zero-order chi connectivity index (χ0) is 17.1. The molecule has 4 nitrogen and oxygen atoms in total. The van der Waals surface area contributed by atoms with Crippen molar-refractivity contribution in [3.63, 3.8) is 0 Å². The van der Waals surface area contributed by atoms with Crippen molar-refractivity contribution in [3.05, 3.63) is 41.3 Å². The van der Waals surface area contributed by atoms with Crippen LogP contribution in [0.15, 0.2) is 36.4 Å². The van der Waals surface area contributed by atoms with Crippen molar-refractivity contribution in [2.24, 2.45) is 0 Å². The highest BCUT2D eigenvalue weighted by molar-refractivity contribution is 7.19. The van der Waals surface area contributed by atoms with Crippen LogP contribution in [-0.4, -0.2) is 33.0 Å². The first-order chi connectivity index (χ1) is 11.7. The third kappa shape index (κ3) is 2.81. The molecule has 24 heavy (non-hydrogen) atoms. The highest BCUT2D eigenvalue weighted by atomic mass is 32.1. The minimum atomic E-state index is 0.115. The van der Waals surface area contributed by atoms with Gasteiger partial charge in [-0.25, -0.2) is 0 Å². The molecule has 0 atom stereocenters. The number of ether oxygens (including phenoxy) is 3. The van der Waals surface area contributed by atoms with Gasteiger partial charge in [-0.1, -0.05) is 18.2 Å². The van der Waals surface area contributed by atoms with Crippen LogP contribution in [0.4, 0.5) is 0 Å². The lowest BCUT2D eigenvalue weighted by Crippen LogP contribution is -1.96. The summed E-state index contributed by atoms with van der Waals surface area (Å²) in [6.45, 7) is 0.115. The second-order valence-corrected chi connectivity index (χ2v) is 6.42. The second kappa shape index (κ2) is 7.11. The molecule has 0 saturated heterocycles. The standard InChI is InChI=1S/C19H20O4S/c1-21-14-10-12(11-15(22-2)19(14)23-3)18-13-6-4-5-7-16(13)24-17(18)8-9-20/h4-7,10-11,20H,8-9H2,1-3H3. The summed E-state index contributed by atoms with van der Waals surface area (Å²) in [6.07, 6.45) is 0.616. The van der Waals surface area contributed by atoms with Crippen LogP contribution in [0.5, 0.6) is 17.2 Å². The number of aliphatic hydroxyl groups excluding tert-OH is 1. The summed E-state index contributed by atoms with van der Waals surface area (Å²) >= 11 is 1.71. The Bertz CT molecular complexity index is 829. The van der Waals surface area contributed by atoms with Gasteiger partial charge >= 0.3 is 0 Å². The minimum absolute atomic E-state index is 0.115. The maximum Gasteiger partial charge on any atom is 0.203 e. The van der Waals surface area contributed by atoms with Crippen molar-refractivity contribution in [2.75, 3.05) is 27.9 Å². The Hall–Kier alpha value is -2.24. The first-order valence-corrected chi connectivity index (χ1v) is 8.46. The molecule has 0 aliphatic heterocycles. The Balaban J connectivity index is 2.28.